The summed E-state index contributed by atoms with van der Waals surface area (Å²) in [6.07, 6.45) is 0.846. The van der Waals surface area contributed by atoms with Gasteiger partial charge in [-0.2, -0.15) is 5.26 Å². The Bertz CT molecular complexity index is 475. The van der Waals surface area contributed by atoms with Gasteiger partial charge in [0, 0.05) is 11.1 Å². The summed E-state index contributed by atoms with van der Waals surface area (Å²) < 4.78 is 10.2. The van der Waals surface area contributed by atoms with Crippen molar-refractivity contribution in [3.8, 4) is 11.8 Å². The number of carbonyl (C=O) groups excluding carboxylic acids is 1. The van der Waals surface area contributed by atoms with Gasteiger partial charge in [0.15, 0.2) is 0 Å². The van der Waals surface area contributed by atoms with Crippen LogP contribution in [0.4, 0.5) is 0 Å². The van der Waals surface area contributed by atoms with Gasteiger partial charge in [-0.05, 0) is 19.4 Å². The molecular weight excluding hydrogens is 230 g/mol. The predicted octanol–water partition coefficient (Wildman–Crippen LogP) is 2.23. The Labute approximate surface area is 107 Å². The molecule has 0 saturated heterocycles. The van der Waals surface area contributed by atoms with Crippen LogP contribution in [0, 0.1) is 11.3 Å². The molecule has 1 rings (SSSR count). The summed E-state index contributed by atoms with van der Waals surface area (Å²) in [5.41, 5.74) is 2.18. The first-order valence-electron chi connectivity index (χ1n) is 5.92. The van der Waals surface area contributed by atoms with E-state index in [0.717, 1.165) is 11.1 Å². The number of hydrogen-bond donors (Lipinski definition) is 0. The number of methoxy groups -OCH3 is 1. The highest BCUT2D eigenvalue weighted by Crippen LogP contribution is 2.28. The van der Waals surface area contributed by atoms with Crippen molar-refractivity contribution in [2.75, 3.05) is 13.7 Å². The second-order valence-corrected chi connectivity index (χ2v) is 3.73. The van der Waals surface area contributed by atoms with E-state index in [2.05, 4.69) is 6.07 Å². The van der Waals surface area contributed by atoms with Crippen molar-refractivity contribution in [3.63, 3.8) is 0 Å². The normalized spacial score (nSPS) is 9.67. The Morgan fingerprint density at radius 3 is 2.61 bits per heavy atom. The van der Waals surface area contributed by atoms with Crippen LogP contribution in [0.3, 0.4) is 0 Å². The van der Waals surface area contributed by atoms with Gasteiger partial charge in [0.05, 0.1) is 31.8 Å². The highest BCUT2D eigenvalue weighted by molar-refractivity contribution is 5.74. The van der Waals surface area contributed by atoms with Gasteiger partial charge in [-0.15, -0.1) is 0 Å². The molecule has 18 heavy (non-hydrogen) atoms. The number of benzene rings is 1. The van der Waals surface area contributed by atoms with E-state index in [4.69, 9.17) is 14.7 Å². The first-order valence-corrected chi connectivity index (χ1v) is 5.92. The van der Waals surface area contributed by atoms with Crippen molar-refractivity contribution >= 4 is 5.97 Å². The van der Waals surface area contributed by atoms with E-state index >= 15 is 0 Å². The molecule has 1 aromatic rings. The smallest absolute Gasteiger partial charge is 0.310 e. The van der Waals surface area contributed by atoms with Gasteiger partial charge < -0.3 is 9.47 Å². The summed E-state index contributed by atoms with van der Waals surface area (Å²) in [7, 11) is 1.55. The maximum atomic E-state index is 11.5. The minimum absolute atomic E-state index is 0.162. The molecule has 1 aromatic carbocycles. The molecule has 0 aliphatic heterocycles. The van der Waals surface area contributed by atoms with Gasteiger partial charge in [0.2, 0.25) is 0 Å². The SMILES string of the molecule is CCOC(=O)Cc1ccc(C#N)c(CC)c1OC. The molecule has 0 unspecified atom stereocenters. The maximum absolute atomic E-state index is 11.5. The largest absolute Gasteiger partial charge is 0.496 e. The first kappa shape index (κ1) is 14.0. The number of ether oxygens (including phenoxy) is 2. The maximum Gasteiger partial charge on any atom is 0.310 e. The zero-order valence-electron chi connectivity index (χ0n) is 10.9. The van der Waals surface area contributed by atoms with Gasteiger partial charge in [-0.3, -0.25) is 4.79 Å². The molecular formula is C14H17NO3. The third-order valence-electron chi connectivity index (χ3n) is 2.66. The van der Waals surface area contributed by atoms with E-state index in [0.29, 0.717) is 24.3 Å². The topological polar surface area (TPSA) is 59.3 Å². The summed E-state index contributed by atoms with van der Waals surface area (Å²) in [5.74, 6) is 0.326. The first-order chi connectivity index (χ1) is 8.67. The van der Waals surface area contributed by atoms with Crippen molar-refractivity contribution in [2.45, 2.75) is 26.7 Å². The number of esters is 1. The average Bonchev–Trinajstić information content (AvgIpc) is 2.38. The van der Waals surface area contributed by atoms with Crippen LogP contribution in [0.15, 0.2) is 12.1 Å². The fourth-order valence-electron chi connectivity index (χ4n) is 1.89. The Hall–Kier alpha value is -2.02. The van der Waals surface area contributed by atoms with Crippen molar-refractivity contribution in [1.82, 2.24) is 0 Å². The third-order valence-corrected chi connectivity index (χ3v) is 2.66. The lowest BCUT2D eigenvalue weighted by Gasteiger charge is -2.13. The van der Waals surface area contributed by atoms with Crippen LogP contribution >= 0.6 is 0 Å². The Balaban J connectivity index is 3.13. The lowest BCUT2D eigenvalue weighted by Crippen LogP contribution is -2.09. The molecule has 0 aliphatic carbocycles. The van der Waals surface area contributed by atoms with Gasteiger partial charge in [-0.25, -0.2) is 0 Å². The van der Waals surface area contributed by atoms with E-state index in [1.165, 1.54) is 0 Å². The molecule has 0 spiro atoms. The van der Waals surface area contributed by atoms with Gasteiger partial charge in [0.1, 0.15) is 5.75 Å². The quantitative estimate of drug-likeness (QED) is 0.749. The lowest BCUT2D eigenvalue weighted by atomic mass is 9.99. The molecule has 4 heteroatoms. The van der Waals surface area contributed by atoms with E-state index in [1.54, 1.807) is 26.2 Å². The van der Waals surface area contributed by atoms with E-state index in [-0.39, 0.29) is 12.4 Å². The van der Waals surface area contributed by atoms with Crippen molar-refractivity contribution < 1.29 is 14.3 Å². The van der Waals surface area contributed by atoms with Crippen LogP contribution in [0.5, 0.6) is 5.75 Å². The monoisotopic (exact) mass is 247 g/mol. The van der Waals surface area contributed by atoms with E-state index < -0.39 is 0 Å². The van der Waals surface area contributed by atoms with Crippen molar-refractivity contribution in [1.29, 1.82) is 5.26 Å². The lowest BCUT2D eigenvalue weighted by molar-refractivity contribution is -0.142. The third kappa shape index (κ3) is 3.01. The Morgan fingerprint density at radius 1 is 1.39 bits per heavy atom. The standard InChI is InChI=1S/C14H17NO3/c1-4-12-11(9-15)7-6-10(14(12)17-3)8-13(16)18-5-2/h6-7H,4-5,8H2,1-3H3. The van der Waals surface area contributed by atoms with Crippen molar-refractivity contribution in [3.05, 3.63) is 28.8 Å². The van der Waals surface area contributed by atoms with Crippen LogP contribution in [-0.4, -0.2) is 19.7 Å². The van der Waals surface area contributed by atoms with Crippen LogP contribution in [0.1, 0.15) is 30.5 Å². The molecule has 4 nitrogen and oxygen atoms in total. The molecule has 0 aliphatic rings. The summed E-state index contributed by atoms with van der Waals surface area (Å²) >= 11 is 0. The number of hydrogen-bond acceptors (Lipinski definition) is 4. The second kappa shape index (κ2) is 6.65. The summed E-state index contributed by atoms with van der Waals surface area (Å²) in [5, 5.41) is 9.03. The number of rotatable bonds is 5. The van der Waals surface area contributed by atoms with Crippen molar-refractivity contribution in [2.24, 2.45) is 0 Å². The molecule has 0 heterocycles. The molecule has 96 valence electrons. The summed E-state index contributed by atoms with van der Waals surface area (Å²) in [6.45, 7) is 4.08. The van der Waals surface area contributed by atoms with Crippen LogP contribution < -0.4 is 4.74 Å². The molecule has 0 atom stereocenters. The minimum Gasteiger partial charge on any atom is -0.496 e. The van der Waals surface area contributed by atoms with Gasteiger partial charge in [-0.1, -0.05) is 13.0 Å². The molecule has 0 bridgehead atoms. The zero-order valence-corrected chi connectivity index (χ0v) is 10.9. The highest BCUT2D eigenvalue weighted by Gasteiger charge is 2.15. The predicted molar refractivity (Wildman–Crippen MR) is 67.4 cm³/mol. The molecule has 0 aromatic heterocycles. The summed E-state index contributed by atoms with van der Waals surface area (Å²) in [4.78, 5) is 11.5. The van der Waals surface area contributed by atoms with Gasteiger partial charge in [0.25, 0.3) is 0 Å². The number of nitrogens with zero attached hydrogens (tertiary/aromatic N) is 1. The average molecular weight is 247 g/mol. The Kier molecular flexibility index (Phi) is 5.19. The van der Waals surface area contributed by atoms with Crippen LogP contribution in [0.2, 0.25) is 0 Å². The molecule has 0 radical (unpaired) electrons. The second-order valence-electron chi connectivity index (χ2n) is 3.73. The molecule has 0 saturated carbocycles. The Morgan fingerprint density at radius 2 is 2.11 bits per heavy atom. The van der Waals surface area contributed by atoms with E-state index in [1.807, 2.05) is 6.92 Å². The molecule has 0 fully saturated rings. The van der Waals surface area contributed by atoms with Gasteiger partial charge >= 0.3 is 5.97 Å². The number of nitriles is 1. The number of carbonyl (C=O) groups is 1. The van der Waals surface area contributed by atoms with Crippen LogP contribution in [-0.2, 0) is 22.4 Å². The fourth-order valence-corrected chi connectivity index (χ4v) is 1.89. The molecule has 0 N–H and O–H groups in total. The summed E-state index contributed by atoms with van der Waals surface area (Å²) in [6, 6.07) is 5.59. The zero-order chi connectivity index (χ0) is 13.5. The highest BCUT2D eigenvalue weighted by atomic mass is 16.5. The van der Waals surface area contributed by atoms with E-state index in [9.17, 15) is 4.79 Å². The van der Waals surface area contributed by atoms with Crippen LogP contribution in [0.25, 0.3) is 0 Å². The molecule has 0 amide bonds. The fraction of sp³-hybridized carbons (Fsp3) is 0.429. The minimum atomic E-state index is -0.289.